The molecule has 4 rings (SSSR count). The molecule has 9 nitrogen and oxygen atoms in total. The summed E-state index contributed by atoms with van der Waals surface area (Å²) in [6, 6.07) is 17.5. The van der Waals surface area contributed by atoms with Crippen LogP contribution in [0.15, 0.2) is 70.2 Å². The quantitative estimate of drug-likeness (QED) is 0.202. The molecule has 1 heterocycles. The number of amides is 2. The maximum absolute atomic E-state index is 12.5. The van der Waals surface area contributed by atoms with Gasteiger partial charge in [0.05, 0.1) is 25.0 Å². The Morgan fingerprint density at radius 1 is 1.05 bits per heavy atom. The lowest BCUT2D eigenvalue weighted by Crippen LogP contribution is -2.20. The Balaban J connectivity index is 1.38. The average Bonchev–Trinajstić information content (AvgIpc) is 3.33. The van der Waals surface area contributed by atoms with Crippen LogP contribution in [0.2, 0.25) is 5.02 Å². The summed E-state index contributed by atoms with van der Waals surface area (Å²) in [4.78, 5) is 24.8. The zero-order valence-electron chi connectivity index (χ0n) is 21.0. The molecule has 38 heavy (non-hydrogen) atoms. The second kappa shape index (κ2) is 12.2. The normalized spacial score (nSPS) is 10.9. The molecule has 0 aliphatic carbocycles. The number of anilines is 1. The number of carbonyl (C=O) groups excluding carboxylic acids is 2. The molecule has 196 valence electrons. The predicted molar refractivity (Wildman–Crippen MR) is 146 cm³/mol. The van der Waals surface area contributed by atoms with E-state index in [0.717, 1.165) is 10.9 Å². The molecule has 10 heteroatoms. The van der Waals surface area contributed by atoms with E-state index in [4.69, 9.17) is 30.2 Å². The molecule has 0 radical (unpaired) electrons. The molecule has 0 spiro atoms. The van der Waals surface area contributed by atoms with Crippen molar-refractivity contribution in [3.63, 3.8) is 0 Å². The number of hydrazone groups is 1. The largest absolute Gasteiger partial charge is 0.494 e. The lowest BCUT2D eigenvalue weighted by Gasteiger charge is -2.13. The van der Waals surface area contributed by atoms with Crippen molar-refractivity contribution in [2.45, 2.75) is 13.8 Å². The smallest absolute Gasteiger partial charge is 0.307 e. The molecule has 0 unspecified atom stereocenters. The van der Waals surface area contributed by atoms with Crippen molar-refractivity contribution in [2.75, 3.05) is 25.6 Å². The summed E-state index contributed by atoms with van der Waals surface area (Å²) in [5.74, 6) is 0.442. The third kappa shape index (κ3) is 6.63. The number of methoxy groups -OCH3 is 1. The maximum Gasteiger partial charge on any atom is 0.307 e. The van der Waals surface area contributed by atoms with Crippen LogP contribution in [-0.2, 0) is 4.79 Å². The van der Waals surface area contributed by atoms with Crippen LogP contribution in [0.5, 0.6) is 17.2 Å². The lowest BCUT2D eigenvalue weighted by molar-refractivity contribution is -0.118. The maximum atomic E-state index is 12.5. The predicted octanol–water partition coefficient (Wildman–Crippen LogP) is 5.58. The van der Waals surface area contributed by atoms with Crippen molar-refractivity contribution in [1.82, 2.24) is 5.43 Å². The summed E-state index contributed by atoms with van der Waals surface area (Å²) in [6.45, 7) is 4.13. The monoisotopic (exact) mass is 535 g/mol. The number of benzene rings is 3. The van der Waals surface area contributed by atoms with Crippen molar-refractivity contribution in [2.24, 2.45) is 5.10 Å². The first-order valence-electron chi connectivity index (χ1n) is 11.7. The first-order chi connectivity index (χ1) is 18.4. The van der Waals surface area contributed by atoms with Gasteiger partial charge in [-0.3, -0.25) is 9.59 Å². The zero-order valence-corrected chi connectivity index (χ0v) is 21.8. The summed E-state index contributed by atoms with van der Waals surface area (Å²) in [6.07, 6.45) is 1.40. The fourth-order valence-corrected chi connectivity index (χ4v) is 3.81. The Morgan fingerprint density at radius 3 is 2.58 bits per heavy atom. The van der Waals surface area contributed by atoms with Gasteiger partial charge < -0.3 is 23.9 Å². The number of hydrogen-bond donors (Lipinski definition) is 2. The van der Waals surface area contributed by atoms with Gasteiger partial charge in [0.25, 0.3) is 5.91 Å². The van der Waals surface area contributed by atoms with Crippen LogP contribution in [-0.4, -0.2) is 38.4 Å². The molecule has 0 saturated heterocycles. The number of aryl methyl sites for hydroxylation is 1. The minimum atomic E-state index is -0.520. The van der Waals surface area contributed by atoms with Crippen molar-refractivity contribution >= 4 is 46.3 Å². The Morgan fingerprint density at radius 2 is 1.84 bits per heavy atom. The van der Waals surface area contributed by atoms with E-state index in [0.29, 0.717) is 34.9 Å². The molecule has 0 aliphatic rings. The molecule has 4 aromatic rings. The van der Waals surface area contributed by atoms with Gasteiger partial charge in [-0.05, 0) is 67.9 Å². The van der Waals surface area contributed by atoms with E-state index in [1.807, 2.05) is 26.0 Å². The van der Waals surface area contributed by atoms with Crippen LogP contribution in [0, 0.1) is 6.92 Å². The molecule has 3 aromatic carbocycles. The summed E-state index contributed by atoms with van der Waals surface area (Å²) in [5.41, 5.74) is 5.27. The molecule has 2 amide bonds. The van der Waals surface area contributed by atoms with E-state index in [1.165, 1.54) is 13.3 Å². The van der Waals surface area contributed by atoms with Crippen LogP contribution in [0.1, 0.15) is 28.6 Å². The lowest BCUT2D eigenvalue weighted by atomic mass is 10.2. The Kier molecular flexibility index (Phi) is 8.50. The number of furan rings is 1. The molecular weight excluding hydrogens is 510 g/mol. The van der Waals surface area contributed by atoms with Crippen LogP contribution >= 0.6 is 11.6 Å². The molecule has 1 aromatic heterocycles. The molecule has 0 saturated carbocycles. The standard InChI is InChI=1S/C28H26ClN3O6/c1-4-36-21-9-10-23-19(13-21)14-25(38-23)28(34)32-30-15-18-11-22(29)27(24(12-18)35-3)37-16-26(33)31-20-7-5-17(2)6-8-20/h5-15H,4,16H2,1-3H3,(H,31,33)(H,32,34)/b30-15+. The highest BCUT2D eigenvalue weighted by atomic mass is 35.5. The van der Waals surface area contributed by atoms with E-state index in [9.17, 15) is 9.59 Å². The SMILES string of the molecule is CCOc1ccc2oc(C(=O)N/N=C/c3cc(Cl)c(OCC(=O)Nc4ccc(C)cc4)c(OC)c3)cc2c1. The van der Waals surface area contributed by atoms with Gasteiger partial charge in [0.15, 0.2) is 23.9 Å². The van der Waals surface area contributed by atoms with Gasteiger partial charge in [0.2, 0.25) is 0 Å². The zero-order chi connectivity index (χ0) is 27.1. The number of ether oxygens (including phenoxy) is 3. The van der Waals surface area contributed by atoms with Gasteiger partial charge in [-0.1, -0.05) is 29.3 Å². The molecule has 0 fully saturated rings. The third-order valence-corrected chi connectivity index (χ3v) is 5.62. The van der Waals surface area contributed by atoms with E-state index >= 15 is 0 Å². The topological polar surface area (TPSA) is 111 Å². The van der Waals surface area contributed by atoms with E-state index in [1.54, 1.807) is 48.5 Å². The Bertz CT molecular complexity index is 1480. The fourth-order valence-electron chi connectivity index (χ4n) is 3.54. The number of carbonyl (C=O) groups is 2. The highest BCUT2D eigenvalue weighted by Crippen LogP contribution is 2.36. The number of nitrogens with zero attached hydrogens (tertiary/aromatic N) is 1. The van der Waals surface area contributed by atoms with Crippen LogP contribution in [0.4, 0.5) is 5.69 Å². The molecular formula is C28H26ClN3O6. The van der Waals surface area contributed by atoms with Crippen molar-refractivity contribution < 1.29 is 28.2 Å². The van der Waals surface area contributed by atoms with Gasteiger partial charge >= 0.3 is 5.91 Å². The van der Waals surface area contributed by atoms with E-state index in [-0.39, 0.29) is 29.0 Å². The Labute approximate surface area is 224 Å². The van der Waals surface area contributed by atoms with Crippen LogP contribution in [0.3, 0.4) is 0 Å². The number of fused-ring (bicyclic) bond motifs is 1. The van der Waals surface area contributed by atoms with Gasteiger partial charge in [0.1, 0.15) is 11.3 Å². The van der Waals surface area contributed by atoms with Gasteiger partial charge in [-0.2, -0.15) is 5.10 Å². The van der Waals surface area contributed by atoms with E-state index in [2.05, 4.69) is 15.8 Å². The van der Waals surface area contributed by atoms with E-state index < -0.39 is 5.91 Å². The number of halogens is 1. The molecule has 0 atom stereocenters. The second-order valence-corrected chi connectivity index (χ2v) is 8.59. The van der Waals surface area contributed by atoms with Gasteiger partial charge in [-0.25, -0.2) is 5.43 Å². The first-order valence-corrected chi connectivity index (χ1v) is 12.1. The number of hydrogen-bond acceptors (Lipinski definition) is 7. The first kappa shape index (κ1) is 26.6. The van der Waals surface area contributed by atoms with Crippen molar-refractivity contribution in [3.05, 3.63) is 82.6 Å². The average molecular weight is 536 g/mol. The summed E-state index contributed by atoms with van der Waals surface area (Å²) in [5, 5.41) is 7.68. The van der Waals surface area contributed by atoms with Crippen LogP contribution < -0.4 is 25.0 Å². The van der Waals surface area contributed by atoms with Gasteiger partial charge in [-0.15, -0.1) is 0 Å². The Hall–Kier alpha value is -4.50. The highest BCUT2D eigenvalue weighted by molar-refractivity contribution is 6.32. The number of rotatable bonds is 10. The minimum Gasteiger partial charge on any atom is -0.494 e. The molecule has 0 bridgehead atoms. The van der Waals surface area contributed by atoms with Crippen molar-refractivity contribution in [1.29, 1.82) is 0 Å². The third-order valence-electron chi connectivity index (χ3n) is 5.34. The highest BCUT2D eigenvalue weighted by Gasteiger charge is 2.15. The fraction of sp³-hybridized carbons (Fsp3) is 0.179. The molecule has 0 aliphatic heterocycles. The summed E-state index contributed by atoms with van der Waals surface area (Å²) < 4.78 is 22.1. The summed E-state index contributed by atoms with van der Waals surface area (Å²) >= 11 is 6.38. The summed E-state index contributed by atoms with van der Waals surface area (Å²) in [7, 11) is 1.45. The van der Waals surface area contributed by atoms with Gasteiger partial charge in [0, 0.05) is 11.1 Å². The molecule has 2 N–H and O–H groups in total. The number of nitrogens with one attached hydrogen (secondary N) is 2. The minimum absolute atomic E-state index is 0.106. The van der Waals surface area contributed by atoms with Crippen molar-refractivity contribution in [3.8, 4) is 17.2 Å². The second-order valence-electron chi connectivity index (χ2n) is 8.18. The van der Waals surface area contributed by atoms with Crippen LogP contribution in [0.25, 0.3) is 11.0 Å².